The molecule has 0 unspecified atom stereocenters. The Balaban J connectivity index is 2.81. The molecular formula is C11H16N4O3. The van der Waals surface area contributed by atoms with E-state index in [2.05, 4.69) is 15.3 Å². The molecule has 1 heterocycles. The minimum atomic E-state index is -1.06. The van der Waals surface area contributed by atoms with Gasteiger partial charge in [0, 0.05) is 19.8 Å². The Hall–Kier alpha value is -2.18. The monoisotopic (exact) mass is 252 g/mol. The van der Waals surface area contributed by atoms with E-state index in [1.54, 1.807) is 18.9 Å². The molecule has 7 heteroatoms. The van der Waals surface area contributed by atoms with Crippen molar-refractivity contribution in [3.63, 3.8) is 0 Å². The fourth-order valence-corrected chi connectivity index (χ4v) is 1.39. The third kappa shape index (κ3) is 3.41. The Labute approximate surface area is 105 Å². The van der Waals surface area contributed by atoms with Crippen LogP contribution in [0.25, 0.3) is 0 Å². The standard InChI is InChI=1S/C11H16N4O3/c1-4-12-9(16)6-15(3)11-13-5-8(10(17)18)7(2)14-11/h5H,4,6H2,1-3H3,(H,12,16)(H,17,18). The first-order valence-electron chi connectivity index (χ1n) is 5.50. The van der Waals surface area contributed by atoms with Gasteiger partial charge in [0.25, 0.3) is 0 Å². The molecule has 0 fully saturated rings. The maximum atomic E-state index is 11.4. The third-order valence-corrected chi connectivity index (χ3v) is 2.29. The number of likely N-dealkylation sites (N-methyl/N-ethyl adjacent to an activating group) is 2. The molecule has 1 aromatic rings. The Bertz CT molecular complexity index is 462. The van der Waals surface area contributed by atoms with Crippen molar-refractivity contribution in [1.82, 2.24) is 15.3 Å². The lowest BCUT2D eigenvalue weighted by Crippen LogP contribution is -2.35. The average molecular weight is 252 g/mol. The number of aryl methyl sites for hydroxylation is 1. The molecule has 0 bridgehead atoms. The Morgan fingerprint density at radius 3 is 2.67 bits per heavy atom. The van der Waals surface area contributed by atoms with Gasteiger partial charge in [-0.3, -0.25) is 4.79 Å². The fourth-order valence-electron chi connectivity index (χ4n) is 1.39. The van der Waals surface area contributed by atoms with Gasteiger partial charge in [-0.05, 0) is 13.8 Å². The van der Waals surface area contributed by atoms with Crippen LogP contribution in [0.1, 0.15) is 23.0 Å². The van der Waals surface area contributed by atoms with Crippen LogP contribution in [0.15, 0.2) is 6.20 Å². The summed E-state index contributed by atoms with van der Waals surface area (Å²) in [5, 5.41) is 11.5. The van der Waals surface area contributed by atoms with Gasteiger partial charge in [0.2, 0.25) is 11.9 Å². The summed E-state index contributed by atoms with van der Waals surface area (Å²) in [6.45, 7) is 4.11. The van der Waals surface area contributed by atoms with E-state index in [1.807, 2.05) is 6.92 Å². The molecular weight excluding hydrogens is 236 g/mol. The van der Waals surface area contributed by atoms with Gasteiger partial charge in [-0.1, -0.05) is 0 Å². The van der Waals surface area contributed by atoms with E-state index in [-0.39, 0.29) is 18.0 Å². The van der Waals surface area contributed by atoms with E-state index in [0.29, 0.717) is 18.2 Å². The molecule has 1 aromatic heterocycles. The minimum Gasteiger partial charge on any atom is -0.478 e. The number of anilines is 1. The van der Waals surface area contributed by atoms with Gasteiger partial charge < -0.3 is 15.3 Å². The van der Waals surface area contributed by atoms with Crippen LogP contribution in [0.2, 0.25) is 0 Å². The minimum absolute atomic E-state index is 0.0603. The maximum absolute atomic E-state index is 11.4. The number of nitrogens with zero attached hydrogens (tertiary/aromatic N) is 3. The number of carboxylic acids is 1. The molecule has 1 rings (SSSR count). The number of aromatic nitrogens is 2. The molecule has 1 amide bonds. The van der Waals surface area contributed by atoms with E-state index in [0.717, 1.165) is 0 Å². The Morgan fingerprint density at radius 2 is 2.17 bits per heavy atom. The summed E-state index contributed by atoms with van der Waals surface area (Å²) in [7, 11) is 1.67. The molecule has 0 aliphatic carbocycles. The van der Waals surface area contributed by atoms with Crippen LogP contribution in [-0.4, -0.2) is 47.1 Å². The summed E-state index contributed by atoms with van der Waals surface area (Å²) in [6.07, 6.45) is 1.24. The van der Waals surface area contributed by atoms with Crippen LogP contribution in [0.4, 0.5) is 5.95 Å². The van der Waals surface area contributed by atoms with Crippen LogP contribution < -0.4 is 10.2 Å². The first-order chi connectivity index (χ1) is 8.45. The summed E-state index contributed by atoms with van der Waals surface area (Å²) in [6, 6.07) is 0. The van der Waals surface area contributed by atoms with Crippen LogP contribution in [0.5, 0.6) is 0 Å². The van der Waals surface area contributed by atoms with Crippen molar-refractivity contribution in [3.05, 3.63) is 17.5 Å². The van der Waals surface area contributed by atoms with Gasteiger partial charge in [0.1, 0.15) is 0 Å². The van der Waals surface area contributed by atoms with Crippen molar-refractivity contribution in [2.45, 2.75) is 13.8 Å². The SMILES string of the molecule is CCNC(=O)CN(C)c1ncc(C(=O)O)c(C)n1. The molecule has 0 aliphatic heterocycles. The maximum Gasteiger partial charge on any atom is 0.339 e. The van der Waals surface area contributed by atoms with E-state index in [9.17, 15) is 9.59 Å². The number of hydrogen-bond donors (Lipinski definition) is 2. The fraction of sp³-hybridized carbons (Fsp3) is 0.455. The Kier molecular flexibility index (Phi) is 4.59. The number of carbonyl (C=O) groups is 2. The highest BCUT2D eigenvalue weighted by molar-refractivity contribution is 5.88. The lowest BCUT2D eigenvalue weighted by atomic mass is 10.2. The van der Waals surface area contributed by atoms with Gasteiger partial charge in [-0.2, -0.15) is 0 Å². The second-order valence-corrected chi connectivity index (χ2v) is 3.78. The number of hydrogen-bond acceptors (Lipinski definition) is 5. The first kappa shape index (κ1) is 13.9. The Morgan fingerprint density at radius 1 is 1.50 bits per heavy atom. The topological polar surface area (TPSA) is 95.4 Å². The number of carbonyl (C=O) groups excluding carboxylic acids is 1. The van der Waals surface area contributed by atoms with Crippen LogP contribution in [0.3, 0.4) is 0 Å². The zero-order valence-electron chi connectivity index (χ0n) is 10.6. The van der Waals surface area contributed by atoms with E-state index >= 15 is 0 Å². The van der Waals surface area contributed by atoms with Crippen molar-refractivity contribution in [2.75, 3.05) is 25.0 Å². The highest BCUT2D eigenvalue weighted by atomic mass is 16.4. The lowest BCUT2D eigenvalue weighted by Gasteiger charge is -2.16. The second-order valence-electron chi connectivity index (χ2n) is 3.78. The zero-order valence-corrected chi connectivity index (χ0v) is 10.6. The molecule has 0 atom stereocenters. The zero-order chi connectivity index (χ0) is 13.7. The number of amides is 1. The summed E-state index contributed by atoms with van der Waals surface area (Å²) >= 11 is 0. The van der Waals surface area contributed by atoms with Crippen molar-refractivity contribution >= 4 is 17.8 Å². The highest BCUT2D eigenvalue weighted by Crippen LogP contribution is 2.09. The number of carboxylic acid groups (broad SMARTS) is 1. The molecule has 7 nitrogen and oxygen atoms in total. The molecule has 0 aliphatic rings. The largest absolute Gasteiger partial charge is 0.478 e. The van der Waals surface area contributed by atoms with Gasteiger partial charge in [-0.15, -0.1) is 0 Å². The van der Waals surface area contributed by atoms with E-state index in [1.165, 1.54) is 6.20 Å². The molecule has 0 radical (unpaired) electrons. The molecule has 0 aromatic carbocycles. The number of rotatable bonds is 5. The molecule has 0 spiro atoms. The summed E-state index contributed by atoms with van der Waals surface area (Å²) in [5.74, 6) is -0.877. The van der Waals surface area contributed by atoms with Gasteiger partial charge >= 0.3 is 5.97 Å². The summed E-state index contributed by atoms with van der Waals surface area (Å²) < 4.78 is 0. The predicted molar refractivity (Wildman–Crippen MR) is 65.7 cm³/mol. The smallest absolute Gasteiger partial charge is 0.339 e. The number of nitrogens with one attached hydrogen (secondary N) is 1. The normalized spacial score (nSPS) is 9.94. The van der Waals surface area contributed by atoms with Crippen molar-refractivity contribution in [2.24, 2.45) is 0 Å². The van der Waals surface area contributed by atoms with Crippen molar-refractivity contribution < 1.29 is 14.7 Å². The average Bonchev–Trinajstić information content (AvgIpc) is 2.28. The van der Waals surface area contributed by atoms with Crippen molar-refractivity contribution in [3.8, 4) is 0 Å². The first-order valence-corrected chi connectivity index (χ1v) is 5.50. The quantitative estimate of drug-likeness (QED) is 0.769. The molecule has 0 saturated carbocycles. The lowest BCUT2D eigenvalue weighted by molar-refractivity contribution is -0.119. The summed E-state index contributed by atoms with van der Waals surface area (Å²) in [5.41, 5.74) is 0.431. The summed E-state index contributed by atoms with van der Waals surface area (Å²) in [4.78, 5) is 31.7. The van der Waals surface area contributed by atoms with Crippen LogP contribution in [-0.2, 0) is 4.79 Å². The molecule has 18 heavy (non-hydrogen) atoms. The van der Waals surface area contributed by atoms with E-state index < -0.39 is 5.97 Å². The predicted octanol–water partition coefficient (Wildman–Crippen LogP) is 0.0555. The van der Waals surface area contributed by atoms with Crippen molar-refractivity contribution in [1.29, 1.82) is 0 Å². The van der Waals surface area contributed by atoms with Crippen LogP contribution >= 0.6 is 0 Å². The molecule has 98 valence electrons. The highest BCUT2D eigenvalue weighted by Gasteiger charge is 2.13. The van der Waals surface area contributed by atoms with Gasteiger partial charge in [0.15, 0.2) is 0 Å². The molecule has 0 saturated heterocycles. The van der Waals surface area contributed by atoms with Crippen LogP contribution in [0, 0.1) is 6.92 Å². The number of aromatic carboxylic acids is 1. The van der Waals surface area contributed by atoms with E-state index in [4.69, 9.17) is 5.11 Å². The van der Waals surface area contributed by atoms with Gasteiger partial charge in [-0.25, -0.2) is 14.8 Å². The van der Waals surface area contributed by atoms with Gasteiger partial charge in [0.05, 0.1) is 17.8 Å². The third-order valence-electron chi connectivity index (χ3n) is 2.29. The molecule has 2 N–H and O–H groups in total. The second kappa shape index (κ2) is 5.95.